The van der Waals surface area contributed by atoms with Crippen molar-refractivity contribution in [2.45, 2.75) is 51.5 Å². The molecular formula is C11H20O6. The first-order chi connectivity index (χ1) is 8.01. The van der Waals surface area contributed by atoms with Crippen LogP contribution in [0.4, 0.5) is 0 Å². The van der Waals surface area contributed by atoms with E-state index in [1.54, 1.807) is 6.92 Å². The third kappa shape index (κ3) is 3.38. The summed E-state index contributed by atoms with van der Waals surface area (Å²) in [5.74, 6) is -0.466. The van der Waals surface area contributed by atoms with Crippen molar-refractivity contribution in [2.24, 2.45) is 0 Å². The molecule has 5 atom stereocenters. The first-order valence-electron chi connectivity index (χ1n) is 5.66. The highest BCUT2D eigenvalue weighted by atomic mass is 16.7. The molecule has 0 spiro atoms. The largest absolute Gasteiger partial charge is 0.454 e. The summed E-state index contributed by atoms with van der Waals surface area (Å²) in [5.41, 5.74) is 0. The van der Waals surface area contributed by atoms with Crippen molar-refractivity contribution in [1.82, 2.24) is 0 Å². The molecule has 0 amide bonds. The summed E-state index contributed by atoms with van der Waals surface area (Å²) >= 11 is 0. The monoisotopic (exact) mass is 248 g/mol. The summed E-state index contributed by atoms with van der Waals surface area (Å²) < 4.78 is 21.1. The third-order valence-electron chi connectivity index (χ3n) is 2.66. The van der Waals surface area contributed by atoms with Gasteiger partial charge in [0.25, 0.3) is 0 Å². The Morgan fingerprint density at radius 1 is 1.41 bits per heavy atom. The smallest absolute Gasteiger partial charge is 0.303 e. The number of aliphatic hydroxyl groups is 1. The fraction of sp³-hybridized carbons (Fsp3) is 0.909. The van der Waals surface area contributed by atoms with E-state index < -0.39 is 36.7 Å². The maximum atomic E-state index is 11.0. The predicted octanol–water partition coefficient (Wildman–Crippen LogP) is 0.0753. The normalized spacial score (nSPS) is 37.8. The number of ether oxygens (including phenoxy) is 4. The minimum Gasteiger partial charge on any atom is -0.454 e. The third-order valence-corrected chi connectivity index (χ3v) is 2.66. The van der Waals surface area contributed by atoms with E-state index in [4.69, 9.17) is 18.9 Å². The quantitative estimate of drug-likeness (QED) is 0.710. The summed E-state index contributed by atoms with van der Waals surface area (Å²) in [5, 5.41) is 9.91. The van der Waals surface area contributed by atoms with Gasteiger partial charge in [-0.1, -0.05) is 0 Å². The fourth-order valence-corrected chi connectivity index (χ4v) is 1.87. The molecule has 0 radical (unpaired) electrons. The second-order valence-corrected chi connectivity index (χ2v) is 3.93. The highest BCUT2D eigenvalue weighted by molar-refractivity contribution is 5.66. The van der Waals surface area contributed by atoms with Crippen molar-refractivity contribution in [1.29, 1.82) is 0 Å². The first kappa shape index (κ1) is 14.4. The van der Waals surface area contributed by atoms with Gasteiger partial charge in [-0.25, -0.2) is 0 Å². The Labute approximate surface area is 101 Å². The molecule has 0 aromatic carbocycles. The molecule has 1 heterocycles. The molecule has 0 saturated carbocycles. The number of hydrogen-bond acceptors (Lipinski definition) is 6. The van der Waals surface area contributed by atoms with E-state index in [2.05, 4.69) is 0 Å². The number of aliphatic hydroxyl groups excluding tert-OH is 1. The second kappa shape index (κ2) is 6.30. The minimum absolute atomic E-state index is 0.418. The van der Waals surface area contributed by atoms with Gasteiger partial charge in [-0.15, -0.1) is 0 Å². The maximum absolute atomic E-state index is 11.0. The predicted molar refractivity (Wildman–Crippen MR) is 58.3 cm³/mol. The Bertz CT molecular complexity index is 256. The van der Waals surface area contributed by atoms with Crippen LogP contribution >= 0.6 is 0 Å². The van der Waals surface area contributed by atoms with Crippen molar-refractivity contribution in [3.05, 3.63) is 0 Å². The van der Waals surface area contributed by atoms with E-state index in [9.17, 15) is 9.90 Å². The maximum Gasteiger partial charge on any atom is 0.303 e. The molecule has 0 bridgehead atoms. The van der Waals surface area contributed by atoms with Crippen LogP contribution in [0.5, 0.6) is 0 Å². The fourth-order valence-electron chi connectivity index (χ4n) is 1.87. The van der Waals surface area contributed by atoms with Gasteiger partial charge in [0.15, 0.2) is 12.4 Å². The van der Waals surface area contributed by atoms with Crippen LogP contribution in [0.15, 0.2) is 0 Å². The van der Waals surface area contributed by atoms with Gasteiger partial charge >= 0.3 is 5.97 Å². The van der Waals surface area contributed by atoms with Crippen molar-refractivity contribution in [3.63, 3.8) is 0 Å². The minimum atomic E-state index is -0.860. The van der Waals surface area contributed by atoms with Crippen LogP contribution in [0, 0.1) is 0 Å². The van der Waals surface area contributed by atoms with Gasteiger partial charge in [0.1, 0.15) is 12.2 Å². The van der Waals surface area contributed by atoms with E-state index in [-0.39, 0.29) is 0 Å². The summed E-state index contributed by atoms with van der Waals surface area (Å²) in [6, 6.07) is 0. The Morgan fingerprint density at radius 3 is 2.53 bits per heavy atom. The molecule has 100 valence electrons. The molecule has 1 fully saturated rings. The molecule has 0 aromatic rings. The lowest BCUT2D eigenvalue weighted by atomic mass is 9.99. The zero-order chi connectivity index (χ0) is 13.0. The Kier molecular flexibility index (Phi) is 5.32. The van der Waals surface area contributed by atoms with Crippen molar-refractivity contribution < 1.29 is 28.8 Å². The molecule has 1 rings (SSSR count). The zero-order valence-electron chi connectivity index (χ0n) is 10.6. The SMILES string of the molecule is CCO[C@H]1O[C@H](C)[C@@H](O)[C@H](OC)[C@@H]1OC(C)=O. The Hall–Kier alpha value is -0.690. The lowest BCUT2D eigenvalue weighted by molar-refractivity contribution is -0.299. The Balaban J connectivity index is 2.83. The number of rotatable bonds is 4. The van der Waals surface area contributed by atoms with Crippen LogP contribution in [0.1, 0.15) is 20.8 Å². The van der Waals surface area contributed by atoms with Gasteiger partial charge < -0.3 is 24.1 Å². The molecule has 1 aliphatic heterocycles. The van der Waals surface area contributed by atoms with Crippen molar-refractivity contribution in [3.8, 4) is 0 Å². The topological polar surface area (TPSA) is 74.2 Å². The van der Waals surface area contributed by atoms with E-state index in [1.807, 2.05) is 6.92 Å². The summed E-state index contributed by atoms with van der Waals surface area (Å²) in [7, 11) is 1.45. The number of carbonyl (C=O) groups excluding carboxylic acids is 1. The van der Waals surface area contributed by atoms with Crippen LogP contribution in [0.2, 0.25) is 0 Å². The number of methoxy groups -OCH3 is 1. The lowest BCUT2D eigenvalue weighted by Crippen LogP contribution is -2.59. The summed E-state index contributed by atoms with van der Waals surface area (Å²) in [6.45, 7) is 5.24. The van der Waals surface area contributed by atoms with Gasteiger partial charge in [-0.3, -0.25) is 4.79 Å². The molecule has 0 unspecified atom stereocenters. The summed E-state index contributed by atoms with van der Waals surface area (Å²) in [4.78, 5) is 11.0. The van der Waals surface area contributed by atoms with E-state index in [1.165, 1.54) is 14.0 Å². The molecule has 6 heteroatoms. The van der Waals surface area contributed by atoms with Gasteiger partial charge in [0.2, 0.25) is 0 Å². The van der Waals surface area contributed by atoms with Crippen LogP contribution in [0.25, 0.3) is 0 Å². The number of esters is 1. The molecule has 0 aromatic heterocycles. The zero-order valence-corrected chi connectivity index (χ0v) is 10.6. The summed E-state index contributed by atoms with van der Waals surface area (Å²) in [6.07, 6.45) is -3.43. The van der Waals surface area contributed by atoms with Gasteiger partial charge in [0, 0.05) is 20.6 Å². The molecular weight excluding hydrogens is 228 g/mol. The van der Waals surface area contributed by atoms with E-state index in [0.29, 0.717) is 6.61 Å². The average Bonchev–Trinajstić information content (AvgIpc) is 2.25. The van der Waals surface area contributed by atoms with Gasteiger partial charge in [-0.05, 0) is 13.8 Å². The number of carbonyl (C=O) groups is 1. The lowest BCUT2D eigenvalue weighted by Gasteiger charge is -2.42. The van der Waals surface area contributed by atoms with Crippen LogP contribution in [0.3, 0.4) is 0 Å². The van der Waals surface area contributed by atoms with Crippen LogP contribution in [-0.2, 0) is 23.7 Å². The molecule has 1 aliphatic rings. The molecule has 0 aliphatic carbocycles. The molecule has 6 nitrogen and oxygen atoms in total. The Morgan fingerprint density at radius 2 is 2.06 bits per heavy atom. The van der Waals surface area contributed by atoms with Crippen molar-refractivity contribution in [2.75, 3.05) is 13.7 Å². The van der Waals surface area contributed by atoms with Gasteiger partial charge in [-0.2, -0.15) is 0 Å². The first-order valence-corrected chi connectivity index (χ1v) is 5.66. The average molecular weight is 248 g/mol. The second-order valence-electron chi connectivity index (χ2n) is 3.93. The number of hydrogen-bond donors (Lipinski definition) is 1. The highest BCUT2D eigenvalue weighted by Crippen LogP contribution is 2.26. The molecule has 1 N–H and O–H groups in total. The van der Waals surface area contributed by atoms with Crippen LogP contribution in [-0.4, -0.2) is 55.5 Å². The van der Waals surface area contributed by atoms with Gasteiger partial charge in [0.05, 0.1) is 6.10 Å². The molecule has 17 heavy (non-hydrogen) atoms. The molecule has 1 saturated heterocycles. The van der Waals surface area contributed by atoms with E-state index >= 15 is 0 Å². The van der Waals surface area contributed by atoms with E-state index in [0.717, 1.165) is 0 Å². The highest BCUT2D eigenvalue weighted by Gasteiger charge is 2.46. The van der Waals surface area contributed by atoms with Crippen molar-refractivity contribution >= 4 is 5.97 Å². The van der Waals surface area contributed by atoms with Crippen LogP contribution < -0.4 is 0 Å². The standard InChI is InChI=1S/C11H20O6/c1-5-15-11-10(17-7(3)12)9(14-4)8(13)6(2)16-11/h6,8-11,13H,5H2,1-4H3/t6-,8-,9+,10+,11+/m1/s1.